The molecule has 3 heterocycles. The predicted molar refractivity (Wildman–Crippen MR) is 111 cm³/mol. The van der Waals surface area contributed by atoms with Crippen molar-refractivity contribution in [1.29, 1.82) is 0 Å². The van der Waals surface area contributed by atoms with E-state index in [1.807, 2.05) is 24.3 Å². The molecule has 1 saturated carbocycles. The first-order chi connectivity index (χ1) is 14.5. The van der Waals surface area contributed by atoms with Gasteiger partial charge in [-0.2, -0.15) is 0 Å². The van der Waals surface area contributed by atoms with Crippen LogP contribution in [-0.4, -0.2) is 39.5 Å². The molecule has 0 unspecified atom stereocenters. The van der Waals surface area contributed by atoms with E-state index in [1.165, 1.54) is 12.0 Å². The number of H-pyrrole nitrogens is 1. The Morgan fingerprint density at radius 1 is 1.17 bits per heavy atom. The number of pyridine rings is 1. The molecule has 1 atom stereocenters. The van der Waals surface area contributed by atoms with Crippen molar-refractivity contribution in [3.63, 3.8) is 0 Å². The van der Waals surface area contributed by atoms with Gasteiger partial charge in [0, 0.05) is 35.3 Å². The summed E-state index contributed by atoms with van der Waals surface area (Å²) in [7, 11) is 1.32. The summed E-state index contributed by atoms with van der Waals surface area (Å²) in [6.45, 7) is 1.98. The van der Waals surface area contributed by atoms with E-state index >= 15 is 0 Å². The molecule has 30 heavy (non-hydrogen) atoms. The molecule has 5 rings (SSSR count). The number of aryl methyl sites for hydroxylation is 1. The molecule has 0 saturated heterocycles. The van der Waals surface area contributed by atoms with Crippen LogP contribution in [0.4, 0.5) is 0 Å². The van der Waals surface area contributed by atoms with E-state index in [2.05, 4.69) is 4.98 Å². The first kappa shape index (κ1) is 18.7. The van der Waals surface area contributed by atoms with Gasteiger partial charge in [0.2, 0.25) is 0 Å². The number of carbonyl (C=O) groups is 2. The van der Waals surface area contributed by atoms with Crippen LogP contribution in [0.3, 0.4) is 0 Å². The molecule has 0 bridgehead atoms. The number of benzene rings is 1. The molecule has 1 aromatic carbocycles. The molecule has 2 aromatic heterocycles. The molecule has 1 aliphatic carbocycles. The number of hydrogen-bond acceptors (Lipinski definition) is 4. The van der Waals surface area contributed by atoms with Gasteiger partial charge in [-0.1, -0.05) is 18.2 Å². The molecule has 1 amide bonds. The van der Waals surface area contributed by atoms with Crippen LogP contribution in [-0.2, 0) is 22.5 Å². The summed E-state index contributed by atoms with van der Waals surface area (Å²) in [5.74, 6) is -0.900. The lowest BCUT2D eigenvalue weighted by Gasteiger charge is -2.34. The zero-order chi connectivity index (χ0) is 21.0. The maximum atomic E-state index is 13.6. The molecule has 2 aliphatic rings. The Hall–Kier alpha value is -3.35. The number of nitrogens with zero attached hydrogens (tertiary/aromatic N) is 2. The number of ether oxygens (including phenoxy) is 1. The number of carbonyl (C=O) groups excluding carboxylic acids is 2. The largest absolute Gasteiger partial charge is 0.467 e. The predicted octanol–water partition coefficient (Wildman–Crippen LogP) is 2.71. The van der Waals surface area contributed by atoms with E-state index < -0.39 is 17.9 Å². The van der Waals surface area contributed by atoms with E-state index in [0.717, 1.165) is 35.0 Å². The highest BCUT2D eigenvalue weighted by Gasteiger charge is 2.39. The molecular weight excluding hydrogens is 382 g/mol. The zero-order valence-corrected chi connectivity index (χ0v) is 17.0. The molecule has 1 N–H and O–H groups in total. The van der Waals surface area contributed by atoms with Crippen molar-refractivity contribution in [3.05, 3.63) is 69.3 Å². The first-order valence-electron chi connectivity index (χ1n) is 10.2. The van der Waals surface area contributed by atoms with Crippen LogP contribution in [0.2, 0.25) is 0 Å². The van der Waals surface area contributed by atoms with Crippen molar-refractivity contribution in [3.8, 4) is 0 Å². The lowest BCUT2D eigenvalue weighted by Crippen LogP contribution is -2.50. The van der Waals surface area contributed by atoms with Crippen LogP contribution in [0.15, 0.2) is 41.3 Å². The summed E-state index contributed by atoms with van der Waals surface area (Å²) in [6, 6.07) is 9.07. The van der Waals surface area contributed by atoms with Crippen LogP contribution in [0.25, 0.3) is 10.9 Å². The molecule has 7 heteroatoms. The highest BCUT2D eigenvalue weighted by Crippen LogP contribution is 2.34. The summed E-state index contributed by atoms with van der Waals surface area (Å²) < 4.78 is 6.66. The SMILES string of the molecule is COC(=O)[C@@H]1Cc2c([nH]c3ccccc23)CN1C(=O)c1c(C)ccn(C2CC2)c1=O. The van der Waals surface area contributed by atoms with Crippen molar-refractivity contribution in [2.75, 3.05) is 7.11 Å². The fraction of sp³-hybridized carbons (Fsp3) is 0.348. The standard InChI is InChI=1S/C23H23N3O4/c1-13-9-10-25(14-7-8-14)21(27)20(13)22(28)26-12-18-16(11-19(26)23(29)30-2)15-5-3-4-6-17(15)24-18/h3-6,9-10,14,19,24H,7-8,11-12H2,1-2H3/t19-/m0/s1. The normalized spacial score (nSPS) is 18.3. The number of methoxy groups -OCH3 is 1. The van der Waals surface area contributed by atoms with Gasteiger partial charge in [0.15, 0.2) is 0 Å². The van der Waals surface area contributed by atoms with Gasteiger partial charge in [-0.15, -0.1) is 0 Å². The minimum atomic E-state index is -0.775. The summed E-state index contributed by atoms with van der Waals surface area (Å²) in [4.78, 5) is 44.1. The molecule has 1 fully saturated rings. The van der Waals surface area contributed by atoms with Crippen LogP contribution >= 0.6 is 0 Å². The van der Waals surface area contributed by atoms with E-state index in [-0.39, 0.29) is 23.7 Å². The highest BCUT2D eigenvalue weighted by atomic mass is 16.5. The third-order valence-corrected chi connectivity index (χ3v) is 6.22. The van der Waals surface area contributed by atoms with Crippen LogP contribution in [0.5, 0.6) is 0 Å². The van der Waals surface area contributed by atoms with E-state index in [1.54, 1.807) is 23.8 Å². The van der Waals surface area contributed by atoms with Crippen LogP contribution < -0.4 is 5.56 Å². The number of para-hydroxylation sites is 1. The second-order valence-corrected chi connectivity index (χ2v) is 8.12. The minimum absolute atomic E-state index is 0.137. The average molecular weight is 405 g/mol. The summed E-state index contributed by atoms with van der Waals surface area (Å²) >= 11 is 0. The molecular formula is C23H23N3O4. The molecule has 3 aromatic rings. The summed E-state index contributed by atoms with van der Waals surface area (Å²) in [5, 5.41) is 1.04. The van der Waals surface area contributed by atoms with Crippen molar-refractivity contribution in [1.82, 2.24) is 14.5 Å². The Bertz CT molecular complexity index is 1230. The smallest absolute Gasteiger partial charge is 0.328 e. The Kier molecular flexibility index (Phi) is 4.27. The second kappa shape index (κ2) is 6.86. The maximum Gasteiger partial charge on any atom is 0.328 e. The molecule has 1 aliphatic heterocycles. The number of aromatic amines is 1. The number of fused-ring (bicyclic) bond motifs is 3. The molecule has 0 spiro atoms. The Morgan fingerprint density at radius 2 is 1.93 bits per heavy atom. The van der Waals surface area contributed by atoms with Gasteiger partial charge >= 0.3 is 5.97 Å². The quantitative estimate of drug-likeness (QED) is 0.679. The van der Waals surface area contributed by atoms with Crippen LogP contribution in [0, 0.1) is 6.92 Å². The second-order valence-electron chi connectivity index (χ2n) is 8.12. The number of hydrogen-bond donors (Lipinski definition) is 1. The minimum Gasteiger partial charge on any atom is -0.467 e. The third-order valence-electron chi connectivity index (χ3n) is 6.22. The van der Waals surface area contributed by atoms with Gasteiger partial charge in [-0.25, -0.2) is 4.79 Å². The number of nitrogens with one attached hydrogen (secondary N) is 1. The monoisotopic (exact) mass is 405 g/mol. The van der Waals surface area contributed by atoms with Crippen molar-refractivity contribution < 1.29 is 14.3 Å². The number of amides is 1. The number of aromatic nitrogens is 2. The summed E-state index contributed by atoms with van der Waals surface area (Å²) in [5.41, 5.74) is 3.35. The van der Waals surface area contributed by atoms with Gasteiger partial charge in [-0.05, 0) is 43.0 Å². The lowest BCUT2D eigenvalue weighted by atomic mass is 9.95. The van der Waals surface area contributed by atoms with E-state index in [4.69, 9.17) is 4.74 Å². The topological polar surface area (TPSA) is 84.4 Å². The fourth-order valence-electron chi connectivity index (χ4n) is 4.45. The number of esters is 1. The lowest BCUT2D eigenvalue weighted by molar-refractivity contribution is -0.146. The number of rotatable bonds is 3. The Balaban J connectivity index is 1.60. The highest BCUT2D eigenvalue weighted by molar-refractivity contribution is 5.98. The maximum absolute atomic E-state index is 13.6. The Labute approximate surface area is 173 Å². The van der Waals surface area contributed by atoms with E-state index in [9.17, 15) is 14.4 Å². The van der Waals surface area contributed by atoms with Crippen molar-refractivity contribution >= 4 is 22.8 Å². The van der Waals surface area contributed by atoms with Gasteiger partial charge in [0.05, 0.1) is 13.7 Å². The third kappa shape index (κ3) is 2.84. The Morgan fingerprint density at radius 3 is 2.67 bits per heavy atom. The average Bonchev–Trinajstić information content (AvgIpc) is 3.52. The molecule has 154 valence electrons. The summed E-state index contributed by atoms with van der Waals surface area (Å²) in [6.07, 6.45) is 4.00. The van der Waals surface area contributed by atoms with Gasteiger partial charge in [0.25, 0.3) is 11.5 Å². The van der Waals surface area contributed by atoms with Gasteiger partial charge in [0.1, 0.15) is 11.6 Å². The zero-order valence-electron chi connectivity index (χ0n) is 17.0. The van der Waals surface area contributed by atoms with Gasteiger partial charge in [-0.3, -0.25) is 9.59 Å². The van der Waals surface area contributed by atoms with Crippen LogP contribution in [0.1, 0.15) is 46.1 Å². The fourth-order valence-corrected chi connectivity index (χ4v) is 4.45. The van der Waals surface area contributed by atoms with Crippen molar-refractivity contribution in [2.45, 2.75) is 44.8 Å². The van der Waals surface area contributed by atoms with Gasteiger partial charge < -0.3 is 19.2 Å². The molecule has 0 radical (unpaired) electrons. The van der Waals surface area contributed by atoms with Crippen molar-refractivity contribution in [2.24, 2.45) is 0 Å². The molecule has 7 nitrogen and oxygen atoms in total. The first-order valence-corrected chi connectivity index (χ1v) is 10.2. The van der Waals surface area contributed by atoms with E-state index in [0.29, 0.717) is 12.0 Å².